The Morgan fingerprint density at radius 1 is 1.07 bits per heavy atom. The van der Waals surface area contributed by atoms with Gasteiger partial charge in [-0.2, -0.15) is 0 Å². The molecule has 0 N–H and O–H groups in total. The largest absolute Gasteiger partial charge is 0.118 e. The van der Waals surface area contributed by atoms with Crippen LogP contribution in [0, 0.1) is 17.8 Å². The van der Waals surface area contributed by atoms with Gasteiger partial charge < -0.3 is 0 Å². The molecule has 0 spiro atoms. The number of benzene rings is 1. The highest BCUT2D eigenvalue weighted by Gasteiger charge is 2.42. The molecule has 15 heavy (non-hydrogen) atoms. The van der Waals surface area contributed by atoms with E-state index >= 15 is 0 Å². The molecule has 0 amide bonds. The first-order chi connectivity index (χ1) is 7.34. The predicted octanol–water partition coefficient (Wildman–Crippen LogP) is 4.40. The first-order valence-corrected chi connectivity index (χ1v) is 6.47. The summed E-state index contributed by atoms with van der Waals surface area (Å²) in [4.78, 5) is 0. The van der Waals surface area contributed by atoms with Crippen LogP contribution < -0.4 is 0 Å². The Bertz CT molecular complexity index is 332. The van der Waals surface area contributed by atoms with Gasteiger partial charge in [-0.05, 0) is 42.6 Å². The number of fused-ring (bicyclic) bond motifs is 2. The Morgan fingerprint density at radius 3 is 2.47 bits per heavy atom. The van der Waals surface area contributed by atoms with Gasteiger partial charge in [0.2, 0.25) is 0 Å². The number of alkyl halides is 1. The van der Waals surface area contributed by atoms with Gasteiger partial charge in [-0.15, -0.1) is 11.6 Å². The minimum absolute atomic E-state index is 0.251. The minimum Gasteiger partial charge on any atom is -0.118 e. The summed E-state index contributed by atoms with van der Waals surface area (Å²) in [5.41, 5.74) is 1.32. The maximum absolute atomic E-state index is 6.61. The molecule has 0 radical (unpaired) electrons. The molecular formula is C14H17Cl. The third kappa shape index (κ3) is 1.69. The topological polar surface area (TPSA) is 0 Å². The molecule has 0 aliphatic heterocycles. The lowest BCUT2D eigenvalue weighted by Crippen LogP contribution is -2.15. The van der Waals surface area contributed by atoms with Crippen LogP contribution >= 0.6 is 11.6 Å². The average Bonchev–Trinajstić information content (AvgIpc) is 2.91. The fraction of sp³-hybridized carbons (Fsp3) is 0.571. The van der Waals surface area contributed by atoms with Gasteiger partial charge in [0, 0.05) is 0 Å². The fourth-order valence-electron chi connectivity index (χ4n) is 3.54. The van der Waals surface area contributed by atoms with Gasteiger partial charge in [-0.25, -0.2) is 0 Å². The highest BCUT2D eigenvalue weighted by atomic mass is 35.5. The summed E-state index contributed by atoms with van der Waals surface area (Å²) in [6.07, 6.45) is 5.69. The number of rotatable bonds is 2. The summed E-state index contributed by atoms with van der Waals surface area (Å²) in [6.45, 7) is 0. The van der Waals surface area contributed by atoms with E-state index in [1.54, 1.807) is 0 Å². The molecule has 1 heteroatoms. The molecule has 2 saturated carbocycles. The van der Waals surface area contributed by atoms with Crippen molar-refractivity contribution < 1.29 is 0 Å². The van der Waals surface area contributed by atoms with E-state index in [4.69, 9.17) is 11.6 Å². The first kappa shape index (κ1) is 9.72. The third-order valence-corrected chi connectivity index (χ3v) is 4.86. The van der Waals surface area contributed by atoms with Crippen LogP contribution in [-0.4, -0.2) is 0 Å². The molecule has 1 aromatic carbocycles. The van der Waals surface area contributed by atoms with Crippen LogP contribution in [-0.2, 0) is 0 Å². The number of halogens is 1. The maximum atomic E-state index is 6.61. The van der Waals surface area contributed by atoms with Gasteiger partial charge in [-0.3, -0.25) is 0 Å². The van der Waals surface area contributed by atoms with E-state index in [2.05, 4.69) is 30.3 Å². The zero-order valence-corrected chi connectivity index (χ0v) is 9.66. The smallest absolute Gasteiger partial charge is 0.0616 e. The van der Waals surface area contributed by atoms with Crippen LogP contribution in [0.5, 0.6) is 0 Å². The second-order valence-electron chi connectivity index (χ2n) is 5.15. The van der Waals surface area contributed by atoms with Crippen LogP contribution in [0.4, 0.5) is 0 Å². The highest BCUT2D eigenvalue weighted by Crippen LogP contribution is 2.54. The quantitative estimate of drug-likeness (QED) is 0.648. The van der Waals surface area contributed by atoms with Crippen molar-refractivity contribution in [3.05, 3.63) is 35.9 Å². The Morgan fingerprint density at radius 2 is 1.87 bits per heavy atom. The van der Waals surface area contributed by atoms with Gasteiger partial charge in [0.05, 0.1) is 5.38 Å². The lowest BCUT2D eigenvalue weighted by Gasteiger charge is -2.26. The molecule has 1 aromatic rings. The van der Waals surface area contributed by atoms with Crippen LogP contribution in [0.2, 0.25) is 0 Å². The molecule has 4 unspecified atom stereocenters. The van der Waals surface area contributed by atoms with E-state index in [1.807, 2.05) is 0 Å². The van der Waals surface area contributed by atoms with Gasteiger partial charge in [0.1, 0.15) is 0 Å². The number of hydrogen-bond donors (Lipinski definition) is 0. The van der Waals surface area contributed by atoms with E-state index in [1.165, 1.54) is 31.2 Å². The maximum Gasteiger partial charge on any atom is 0.0616 e. The summed E-state index contributed by atoms with van der Waals surface area (Å²) in [6, 6.07) is 10.6. The molecule has 2 bridgehead atoms. The van der Waals surface area contributed by atoms with Crippen molar-refractivity contribution in [3.8, 4) is 0 Å². The molecule has 4 atom stereocenters. The summed E-state index contributed by atoms with van der Waals surface area (Å²) >= 11 is 6.61. The molecule has 2 aliphatic rings. The van der Waals surface area contributed by atoms with Gasteiger partial charge in [0.15, 0.2) is 0 Å². The molecular weight excluding hydrogens is 204 g/mol. The lowest BCUT2D eigenvalue weighted by molar-refractivity contribution is 0.323. The first-order valence-electron chi connectivity index (χ1n) is 6.03. The van der Waals surface area contributed by atoms with Crippen LogP contribution in [0.25, 0.3) is 0 Å². The van der Waals surface area contributed by atoms with E-state index in [9.17, 15) is 0 Å². The van der Waals surface area contributed by atoms with E-state index in [-0.39, 0.29) is 5.38 Å². The minimum atomic E-state index is 0.251. The van der Waals surface area contributed by atoms with Crippen molar-refractivity contribution >= 4 is 11.6 Å². The summed E-state index contributed by atoms with van der Waals surface area (Å²) in [5, 5.41) is 0.251. The molecule has 0 aromatic heterocycles. The molecule has 0 nitrogen and oxygen atoms in total. The standard InChI is InChI=1S/C14H17Cl/c15-14(11-4-2-1-3-5-11)13-9-10-6-7-12(13)8-10/h1-5,10,12-14H,6-9H2. The van der Waals surface area contributed by atoms with E-state index in [0.717, 1.165) is 17.8 Å². The van der Waals surface area contributed by atoms with Crippen molar-refractivity contribution in [2.24, 2.45) is 17.8 Å². The summed E-state index contributed by atoms with van der Waals surface area (Å²) in [7, 11) is 0. The Balaban J connectivity index is 1.78. The lowest BCUT2D eigenvalue weighted by atomic mass is 9.84. The molecule has 80 valence electrons. The Kier molecular flexibility index (Phi) is 2.48. The normalized spacial score (nSPS) is 35.7. The Labute approximate surface area is 96.6 Å². The summed E-state index contributed by atoms with van der Waals surface area (Å²) in [5.74, 6) is 2.65. The monoisotopic (exact) mass is 220 g/mol. The van der Waals surface area contributed by atoms with Crippen LogP contribution in [0.3, 0.4) is 0 Å². The fourth-order valence-corrected chi connectivity index (χ4v) is 3.99. The van der Waals surface area contributed by atoms with Crippen molar-refractivity contribution in [1.29, 1.82) is 0 Å². The van der Waals surface area contributed by atoms with Gasteiger partial charge in [0.25, 0.3) is 0 Å². The molecule has 0 saturated heterocycles. The van der Waals surface area contributed by atoms with E-state index in [0.29, 0.717) is 0 Å². The second-order valence-corrected chi connectivity index (χ2v) is 5.62. The molecule has 3 rings (SSSR count). The van der Waals surface area contributed by atoms with Crippen LogP contribution in [0.1, 0.15) is 36.6 Å². The summed E-state index contributed by atoms with van der Waals surface area (Å²) < 4.78 is 0. The second kappa shape index (κ2) is 3.83. The van der Waals surface area contributed by atoms with E-state index < -0.39 is 0 Å². The number of hydrogen-bond acceptors (Lipinski definition) is 0. The Hall–Kier alpha value is -0.490. The molecule has 2 aliphatic carbocycles. The third-order valence-electron chi connectivity index (χ3n) is 4.29. The van der Waals surface area contributed by atoms with Crippen molar-refractivity contribution in [2.45, 2.75) is 31.1 Å². The van der Waals surface area contributed by atoms with Gasteiger partial charge >= 0.3 is 0 Å². The average molecular weight is 221 g/mol. The van der Waals surface area contributed by atoms with Crippen molar-refractivity contribution in [2.75, 3.05) is 0 Å². The predicted molar refractivity (Wildman–Crippen MR) is 64.0 cm³/mol. The van der Waals surface area contributed by atoms with Crippen molar-refractivity contribution in [3.63, 3.8) is 0 Å². The zero-order valence-electron chi connectivity index (χ0n) is 8.90. The van der Waals surface area contributed by atoms with Crippen LogP contribution in [0.15, 0.2) is 30.3 Å². The van der Waals surface area contributed by atoms with Gasteiger partial charge in [-0.1, -0.05) is 36.8 Å². The molecule has 0 heterocycles. The SMILES string of the molecule is ClC(c1ccccc1)C1CC2CCC1C2. The zero-order chi connectivity index (χ0) is 10.3. The van der Waals surface area contributed by atoms with Crippen molar-refractivity contribution in [1.82, 2.24) is 0 Å². The molecule has 2 fully saturated rings. The highest BCUT2D eigenvalue weighted by molar-refractivity contribution is 6.21.